The summed E-state index contributed by atoms with van der Waals surface area (Å²) in [5.74, 6) is 0.739. The van der Waals surface area contributed by atoms with Crippen molar-refractivity contribution in [2.75, 3.05) is 39.5 Å². The van der Waals surface area contributed by atoms with Gasteiger partial charge in [0.2, 0.25) is 10.0 Å². The van der Waals surface area contributed by atoms with Crippen LogP contribution < -0.4 is 15.4 Å². The van der Waals surface area contributed by atoms with E-state index in [1.54, 1.807) is 7.05 Å². The first-order chi connectivity index (χ1) is 9.48. The molecule has 2 aliphatic rings. The number of nitrogens with zero attached hydrogens (tertiary/aromatic N) is 2. The Morgan fingerprint density at radius 1 is 1.29 bits per heavy atom. The van der Waals surface area contributed by atoms with Gasteiger partial charge in [-0.2, -0.15) is 0 Å². The lowest BCUT2D eigenvalue weighted by Gasteiger charge is -2.18. The number of hydrogen-bond acceptors (Lipinski definition) is 4. The van der Waals surface area contributed by atoms with Crippen LogP contribution in [0.1, 0.15) is 19.3 Å². The number of hydrogen-bond donors (Lipinski definition) is 3. The molecule has 1 aliphatic carbocycles. The fourth-order valence-electron chi connectivity index (χ4n) is 2.48. The van der Waals surface area contributed by atoms with Crippen molar-refractivity contribution in [3.63, 3.8) is 0 Å². The van der Waals surface area contributed by atoms with Gasteiger partial charge < -0.3 is 10.6 Å². The van der Waals surface area contributed by atoms with Crippen LogP contribution >= 0.6 is 24.0 Å². The zero-order chi connectivity index (χ0) is 14.6. The smallest absolute Gasteiger partial charge is 0.208 e. The molecule has 2 rings (SSSR count). The molecular formula is C12H26IN5O2S. The van der Waals surface area contributed by atoms with Crippen molar-refractivity contribution >= 4 is 40.0 Å². The first-order valence-corrected chi connectivity index (χ1v) is 9.03. The highest BCUT2D eigenvalue weighted by atomic mass is 127. The molecule has 1 heterocycles. The van der Waals surface area contributed by atoms with E-state index in [1.807, 2.05) is 0 Å². The van der Waals surface area contributed by atoms with Crippen molar-refractivity contribution in [3.05, 3.63) is 0 Å². The molecule has 124 valence electrons. The van der Waals surface area contributed by atoms with Crippen LogP contribution in [0.25, 0.3) is 0 Å². The van der Waals surface area contributed by atoms with E-state index in [0.717, 1.165) is 37.8 Å². The molecule has 7 nitrogen and oxygen atoms in total. The number of nitrogens with one attached hydrogen (secondary N) is 3. The topological polar surface area (TPSA) is 85.8 Å². The summed E-state index contributed by atoms with van der Waals surface area (Å²) in [6.45, 7) is 3.12. The van der Waals surface area contributed by atoms with Gasteiger partial charge >= 0.3 is 0 Å². The molecule has 2 fully saturated rings. The van der Waals surface area contributed by atoms with Gasteiger partial charge in [-0.05, 0) is 19.3 Å². The second-order valence-corrected chi connectivity index (χ2v) is 7.35. The molecule has 0 aromatic carbocycles. The van der Waals surface area contributed by atoms with Crippen molar-refractivity contribution in [2.45, 2.75) is 31.3 Å². The summed E-state index contributed by atoms with van der Waals surface area (Å²) < 4.78 is 24.3. The molecule has 0 amide bonds. The maximum Gasteiger partial charge on any atom is 0.208 e. The van der Waals surface area contributed by atoms with Gasteiger partial charge in [0.15, 0.2) is 5.96 Å². The van der Waals surface area contributed by atoms with Crippen molar-refractivity contribution in [3.8, 4) is 0 Å². The molecule has 21 heavy (non-hydrogen) atoms. The Kier molecular flexibility index (Phi) is 7.65. The second kappa shape index (κ2) is 8.49. The quantitative estimate of drug-likeness (QED) is 0.230. The normalized spacial score (nSPS) is 23.7. The SMILES string of the molecule is CN=C(NCCNS(C)(=O)=O)NC1CCN(C2CC2)C1.I. The number of halogens is 1. The fraction of sp³-hybridized carbons (Fsp3) is 0.917. The summed E-state index contributed by atoms with van der Waals surface area (Å²) in [6.07, 6.45) is 4.98. The van der Waals surface area contributed by atoms with E-state index < -0.39 is 10.0 Å². The first kappa shape index (κ1) is 18.9. The number of rotatable bonds is 6. The summed E-state index contributed by atoms with van der Waals surface area (Å²) in [5, 5.41) is 6.52. The standard InChI is InChI=1S/C12H25N5O2S.HI/c1-13-12(14-6-7-15-20(2,18)19)16-10-5-8-17(9-10)11-3-4-11;/h10-11,15H,3-9H2,1-2H3,(H2,13,14,16);1H. The van der Waals surface area contributed by atoms with Crippen LogP contribution in [0.3, 0.4) is 0 Å². The third kappa shape index (κ3) is 7.11. The number of likely N-dealkylation sites (tertiary alicyclic amines) is 1. The van der Waals surface area contributed by atoms with Crippen LogP contribution in [0.5, 0.6) is 0 Å². The van der Waals surface area contributed by atoms with Gasteiger partial charge in [-0.25, -0.2) is 13.1 Å². The lowest BCUT2D eigenvalue weighted by molar-refractivity contribution is 0.321. The van der Waals surface area contributed by atoms with Crippen molar-refractivity contribution in [1.82, 2.24) is 20.3 Å². The van der Waals surface area contributed by atoms with Crippen LogP contribution in [0.2, 0.25) is 0 Å². The molecule has 1 saturated heterocycles. The van der Waals surface area contributed by atoms with E-state index in [2.05, 4.69) is 25.2 Å². The summed E-state index contributed by atoms with van der Waals surface area (Å²) >= 11 is 0. The molecule has 0 spiro atoms. The maximum atomic E-state index is 10.9. The van der Waals surface area contributed by atoms with Gasteiger partial charge in [0.05, 0.1) is 6.26 Å². The van der Waals surface area contributed by atoms with E-state index in [-0.39, 0.29) is 24.0 Å². The minimum absolute atomic E-state index is 0. The number of sulfonamides is 1. The maximum absolute atomic E-state index is 10.9. The molecule has 0 aromatic rings. The van der Waals surface area contributed by atoms with Crippen LogP contribution in [0.15, 0.2) is 4.99 Å². The minimum atomic E-state index is -3.12. The second-order valence-electron chi connectivity index (χ2n) is 5.52. The molecule has 1 saturated carbocycles. The highest BCUT2D eigenvalue weighted by Gasteiger charge is 2.34. The Balaban J connectivity index is 0.00000220. The monoisotopic (exact) mass is 431 g/mol. The van der Waals surface area contributed by atoms with E-state index in [9.17, 15) is 8.42 Å². The minimum Gasteiger partial charge on any atom is -0.355 e. The number of guanidine groups is 1. The van der Waals surface area contributed by atoms with Gasteiger partial charge in [0.1, 0.15) is 0 Å². The molecule has 1 unspecified atom stereocenters. The molecule has 1 aliphatic heterocycles. The van der Waals surface area contributed by atoms with E-state index in [1.165, 1.54) is 12.8 Å². The van der Waals surface area contributed by atoms with Crippen molar-refractivity contribution in [1.29, 1.82) is 0 Å². The molecule has 0 bridgehead atoms. The lowest BCUT2D eigenvalue weighted by atomic mass is 10.3. The Morgan fingerprint density at radius 3 is 2.57 bits per heavy atom. The highest BCUT2D eigenvalue weighted by molar-refractivity contribution is 14.0. The summed E-state index contributed by atoms with van der Waals surface area (Å²) in [5.41, 5.74) is 0. The molecule has 0 aromatic heterocycles. The third-order valence-electron chi connectivity index (χ3n) is 3.63. The average molecular weight is 431 g/mol. The van der Waals surface area contributed by atoms with Crippen LogP contribution in [0, 0.1) is 0 Å². The van der Waals surface area contributed by atoms with E-state index in [4.69, 9.17) is 0 Å². The average Bonchev–Trinajstić information content (AvgIpc) is 3.12. The lowest BCUT2D eigenvalue weighted by Crippen LogP contribution is -2.46. The van der Waals surface area contributed by atoms with Crippen molar-refractivity contribution < 1.29 is 8.42 Å². The Bertz CT molecular complexity index is 453. The van der Waals surface area contributed by atoms with Gasteiger partial charge in [0, 0.05) is 45.3 Å². The first-order valence-electron chi connectivity index (χ1n) is 7.14. The van der Waals surface area contributed by atoms with Gasteiger partial charge in [-0.15, -0.1) is 24.0 Å². The molecule has 0 radical (unpaired) electrons. The molecule has 9 heteroatoms. The largest absolute Gasteiger partial charge is 0.355 e. The van der Waals surface area contributed by atoms with Crippen LogP contribution in [0.4, 0.5) is 0 Å². The van der Waals surface area contributed by atoms with Gasteiger partial charge in [0.25, 0.3) is 0 Å². The summed E-state index contributed by atoms with van der Waals surface area (Å²) in [4.78, 5) is 6.71. The van der Waals surface area contributed by atoms with Crippen molar-refractivity contribution in [2.24, 2.45) is 4.99 Å². The predicted molar refractivity (Wildman–Crippen MR) is 95.8 cm³/mol. The fourth-order valence-corrected chi connectivity index (χ4v) is 2.95. The molecular weight excluding hydrogens is 405 g/mol. The Morgan fingerprint density at radius 2 is 2.00 bits per heavy atom. The highest BCUT2D eigenvalue weighted by Crippen LogP contribution is 2.29. The Labute approximate surface area is 144 Å². The van der Waals surface area contributed by atoms with E-state index in [0.29, 0.717) is 19.1 Å². The predicted octanol–water partition coefficient (Wildman–Crippen LogP) is -0.445. The Hall–Kier alpha value is -0.130. The zero-order valence-corrected chi connectivity index (χ0v) is 15.8. The number of aliphatic imine (C=N–C) groups is 1. The zero-order valence-electron chi connectivity index (χ0n) is 12.6. The van der Waals surface area contributed by atoms with Gasteiger partial charge in [-0.1, -0.05) is 0 Å². The van der Waals surface area contributed by atoms with Crippen LogP contribution in [-0.4, -0.2) is 70.8 Å². The molecule has 1 atom stereocenters. The third-order valence-corrected chi connectivity index (χ3v) is 4.36. The van der Waals surface area contributed by atoms with Crippen LogP contribution in [-0.2, 0) is 10.0 Å². The van der Waals surface area contributed by atoms with Gasteiger partial charge in [-0.3, -0.25) is 9.89 Å². The summed E-state index contributed by atoms with van der Waals surface area (Å²) in [7, 11) is -1.39. The summed E-state index contributed by atoms with van der Waals surface area (Å²) in [6, 6.07) is 1.25. The molecule has 3 N–H and O–H groups in total. The van der Waals surface area contributed by atoms with E-state index >= 15 is 0 Å².